The third-order valence-electron chi connectivity index (χ3n) is 2.51. The highest BCUT2D eigenvalue weighted by Gasteiger charge is 2.13. The zero-order chi connectivity index (χ0) is 13.7. The first-order valence-electron chi connectivity index (χ1n) is 5.56. The van der Waals surface area contributed by atoms with E-state index in [2.05, 4.69) is 4.99 Å². The Balaban J connectivity index is 0.00000324. The van der Waals surface area contributed by atoms with Crippen LogP contribution in [0.15, 0.2) is 23.2 Å². The van der Waals surface area contributed by atoms with Crippen molar-refractivity contribution in [1.29, 1.82) is 0 Å². The van der Waals surface area contributed by atoms with E-state index in [0.717, 1.165) is 5.56 Å². The smallest absolute Gasteiger partial charge is 0.321 e. The highest BCUT2D eigenvalue weighted by atomic mass is 35.5. The van der Waals surface area contributed by atoms with Gasteiger partial charge in [0, 0.05) is 6.54 Å². The Kier molecular flexibility index (Phi) is 6.71. The van der Waals surface area contributed by atoms with Crippen LogP contribution in [0.1, 0.15) is 12.5 Å². The molecule has 0 atom stereocenters. The van der Waals surface area contributed by atoms with Gasteiger partial charge in [-0.1, -0.05) is 12.1 Å². The topological polar surface area (TPSA) is 93.9 Å². The van der Waals surface area contributed by atoms with Gasteiger partial charge in [-0.3, -0.25) is 4.90 Å². The molecule has 0 spiro atoms. The van der Waals surface area contributed by atoms with E-state index in [1.165, 1.54) is 4.90 Å². The number of primary amides is 1. The summed E-state index contributed by atoms with van der Waals surface area (Å²) in [5.41, 5.74) is 12.5. The van der Waals surface area contributed by atoms with Gasteiger partial charge >= 0.3 is 6.03 Å². The van der Waals surface area contributed by atoms with Crippen LogP contribution < -0.4 is 16.2 Å². The monoisotopic (exact) mass is 286 g/mol. The van der Waals surface area contributed by atoms with Crippen LogP contribution in [-0.4, -0.2) is 30.5 Å². The molecule has 0 saturated carbocycles. The zero-order valence-corrected chi connectivity index (χ0v) is 12.0. The van der Waals surface area contributed by atoms with Gasteiger partial charge < -0.3 is 16.2 Å². The second-order valence-electron chi connectivity index (χ2n) is 3.68. The minimum atomic E-state index is -0.633. The fourth-order valence-corrected chi connectivity index (χ4v) is 1.55. The number of aliphatic imine (C=N–C) groups is 1. The summed E-state index contributed by atoms with van der Waals surface area (Å²) in [6, 6.07) is 4.88. The highest BCUT2D eigenvalue weighted by Crippen LogP contribution is 2.30. The molecule has 0 saturated heterocycles. The van der Waals surface area contributed by atoms with E-state index in [1.54, 1.807) is 20.1 Å². The van der Waals surface area contributed by atoms with E-state index in [4.69, 9.17) is 16.2 Å². The number of urea groups is 1. The molecule has 1 aromatic rings. The van der Waals surface area contributed by atoms with Gasteiger partial charge in [0.2, 0.25) is 5.96 Å². The molecule has 1 rings (SSSR count). The molecule has 4 N–H and O–H groups in total. The highest BCUT2D eigenvalue weighted by molar-refractivity contribution is 5.96. The SMILES string of the molecule is CCN(C(N)=O)C(N)=Nc1c(C)cccc1OC.Cl. The molecule has 1 aromatic carbocycles. The zero-order valence-electron chi connectivity index (χ0n) is 11.2. The Labute approximate surface area is 118 Å². The molecule has 0 aliphatic carbocycles. The number of halogens is 1. The number of carbonyl (C=O) groups is 1. The van der Waals surface area contributed by atoms with Gasteiger partial charge in [-0.2, -0.15) is 0 Å². The molecule has 6 nitrogen and oxygen atoms in total. The first-order chi connectivity index (χ1) is 8.51. The Morgan fingerprint density at radius 1 is 1.42 bits per heavy atom. The molecule has 0 heterocycles. The second-order valence-corrected chi connectivity index (χ2v) is 3.68. The summed E-state index contributed by atoms with van der Waals surface area (Å²) < 4.78 is 5.20. The maximum atomic E-state index is 11.2. The number of methoxy groups -OCH3 is 1. The van der Waals surface area contributed by atoms with Crippen LogP contribution in [0.5, 0.6) is 5.75 Å². The van der Waals surface area contributed by atoms with Gasteiger partial charge in [0.25, 0.3) is 0 Å². The Bertz CT molecular complexity index is 477. The number of aryl methyl sites for hydroxylation is 1. The number of amides is 2. The number of rotatable bonds is 3. The van der Waals surface area contributed by atoms with E-state index in [0.29, 0.717) is 18.0 Å². The van der Waals surface area contributed by atoms with Crippen LogP contribution in [0.25, 0.3) is 0 Å². The van der Waals surface area contributed by atoms with E-state index >= 15 is 0 Å². The summed E-state index contributed by atoms with van der Waals surface area (Å²) in [4.78, 5) is 16.6. The van der Waals surface area contributed by atoms with Gasteiger partial charge in [-0.25, -0.2) is 9.79 Å². The molecule has 0 radical (unpaired) electrons. The molecule has 0 aliphatic heterocycles. The number of nitrogens with two attached hydrogens (primary N) is 2. The van der Waals surface area contributed by atoms with Crippen molar-refractivity contribution in [1.82, 2.24) is 4.90 Å². The van der Waals surface area contributed by atoms with E-state index in [9.17, 15) is 4.79 Å². The van der Waals surface area contributed by atoms with Crippen LogP contribution in [0.2, 0.25) is 0 Å². The summed E-state index contributed by atoms with van der Waals surface area (Å²) in [6.45, 7) is 4.01. The van der Waals surface area contributed by atoms with E-state index in [1.807, 2.05) is 19.1 Å². The number of ether oxygens (including phenoxy) is 1. The molecular weight excluding hydrogens is 268 g/mol. The minimum Gasteiger partial charge on any atom is -0.494 e. The number of benzene rings is 1. The second kappa shape index (κ2) is 7.48. The van der Waals surface area contributed by atoms with Gasteiger partial charge in [-0.15, -0.1) is 12.4 Å². The number of para-hydroxylation sites is 1. The molecule has 0 aliphatic rings. The van der Waals surface area contributed by atoms with Crippen molar-refractivity contribution < 1.29 is 9.53 Å². The molecule has 106 valence electrons. The molecule has 2 amide bonds. The van der Waals surface area contributed by atoms with Gasteiger partial charge in [0.1, 0.15) is 11.4 Å². The molecule has 0 bridgehead atoms. The first-order valence-corrected chi connectivity index (χ1v) is 5.56. The van der Waals surface area contributed by atoms with Gasteiger partial charge in [0.05, 0.1) is 7.11 Å². The standard InChI is InChI=1S/C12H18N4O2.ClH/c1-4-16(12(14)17)11(13)15-10-8(2)6-5-7-9(10)18-3;/h5-7H,4H2,1-3H3,(H2,13,15)(H2,14,17);1H. The average Bonchev–Trinajstić information content (AvgIpc) is 2.32. The van der Waals surface area contributed by atoms with Crippen molar-refractivity contribution >= 4 is 30.1 Å². The van der Waals surface area contributed by atoms with Crippen molar-refractivity contribution in [3.8, 4) is 5.75 Å². The first kappa shape index (κ1) is 17.1. The van der Waals surface area contributed by atoms with Crippen molar-refractivity contribution in [3.63, 3.8) is 0 Å². The number of hydrogen-bond donors (Lipinski definition) is 2. The number of hydrogen-bond acceptors (Lipinski definition) is 3. The van der Waals surface area contributed by atoms with Crippen LogP contribution in [-0.2, 0) is 0 Å². The third-order valence-corrected chi connectivity index (χ3v) is 2.51. The Hall–Kier alpha value is -1.95. The Morgan fingerprint density at radius 2 is 2.05 bits per heavy atom. The molecular formula is C12H19ClN4O2. The number of nitrogens with zero attached hydrogens (tertiary/aromatic N) is 2. The molecule has 19 heavy (non-hydrogen) atoms. The maximum Gasteiger partial charge on any atom is 0.321 e. The maximum absolute atomic E-state index is 11.2. The Morgan fingerprint density at radius 3 is 2.53 bits per heavy atom. The summed E-state index contributed by atoms with van der Waals surface area (Å²) >= 11 is 0. The van der Waals surface area contributed by atoms with Crippen molar-refractivity contribution in [2.45, 2.75) is 13.8 Å². The molecule has 0 unspecified atom stereocenters. The van der Waals surface area contributed by atoms with Crippen LogP contribution in [0, 0.1) is 6.92 Å². The van der Waals surface area contributed by atoms with Gasteiger partial charge in [-0.05, 0) is 25.5 Å². The van der Waals surface area contributed by atoms with Crippen LogP contribution in [0.3, 0.4) is 0 Å². The lowest BCUT2D eigenvalue weighted by molar-refractivity contribution is 0.231. The lowest BCUT2D eigenvalue weighted by Crippen LogP contribution is -2.44. The summed E-state index contributed by atoms with van der Waals surface area (Å²) in [7, 11) is 1.55. The third kappa shape index (κ3) is 4.03. The van der Waals surface area contributed by atoms with Crippen LogP contribution >= 0.6 is 12.4 Å². The predicted octanol–water partition coefficient (Wildman–Crippen LogP) is 1.77. The molecule has 7 heteroatoms. The quantitative estimate of drug-likeness (QED) is 0.655. The summed E-state index contributed by atoms with van der Waals surface area (Å²) in [5, 5.41) is 0. The number of guanidine groups is 1. The molecule has 0 fully saturated rings. The van der Waals surface area contributed by atoms with E-state index in [-0.39, 0.29) is 18.4 Å². The molecule has 0 aromatic heterocycles. The van der Waals surface area contributed by atoms with Gasteiger partial charge in [0.15, 0.2) is 0 Å². The lowest BCUT2D eigenvalue weighted by atomic mass is 10.2. The normalized spacial score (nSPS) is 10.6. The van der Waals surface area contributed by atoms with Crippen molar-refractivity contribution in [3.05, 3.63) is 23.8 Å². The predicted molar refractivity (Wildman–Crippen MR) is 78.2 cm³/mol. The lowest BCUT2D eigenvalue weighted by Gasteiger charge is -2.17. The summed E-state index contributed by atoms with van der Waals surface area (Å²) in [5.74, 6) is 0.649. The minimum absolute atomic E-state index is 0. The number of carbonyl (C=O) groups excluding carboxylic acids is 1. The average molecular weight is 287 g/mol. The largest absolute Gasteiger partial charge is 0.494 e. The van der Waals surface area contributed by atoms with E-state index < -0.39 is 6.03 Å². The fourth-order valence-electron chi connectivity index (χ4n) is 1.55. The van der Waals surface area contributed by atoms with Crippen LogP contribution in [0.4, 0.5) is 10.5 Å². The summed E-state index contributed by atoms with van der Waals surface area (Å²) in [6.07, 6.45) is 0. The van der Waals surface area contributed by atoms with Crippen molar-refractivity contribution in [2.24, 2.45) is 16.5 Å². The fraction of sp³-hybridized carbons (Fsp3) is 0.333. The van der Waals surface area contributed by atoms with Crippen molar-refractivity contribution in [2.75, 3.05) is 13.7 Å².